The second-order valence-corrected chi connectivity index (χ2v) is 7.38. The van der Waals surface area contributed by atoms with Gasteiger partial charge in [-0.3, -0.25) is 4.79 Å². The molecule has 3 rings (SSSR count). The quantitative estimate of drug-likeness (QED) is 0.858. The van der Waals surface area contributed by atoms with Gasteiger partial charge in [0.05, 0.1) is 6.61 Å². The standard InChI is InChI=1S/C20H27NO4/c1-2-14-6-9-20(10-7-14,19(23)24)21-18(22)16-5-3-4-15(12-16)17-8-11-25-13-17/h3-5,12,14,17H,2,6-11,13H2,1H3,(H,21,22)(H,23,24). The van der Waals surface area contributed by atoms with E-state index in [0.717, 1.165) is 37.9 Å². The number of benzene rings is 1. The van der Waals surface area contributed by atoms with Crippen LogP contribution >= 0.6 is 0 Å². The van der Waals surface area contributed by atoms with Gasteiger partial charge in [-0.25, -0.2) is 4.79 Å². The predicted molar refractivity (Wildman–Crippen MR) is 94.7 cm³/mol. The first-order chi connectivity index (χ1) is 12.0. The van der Waals surface area contributed by atoms with Crippen LogP contribution in [0.2, 0.25) is 0 Å². The maximum Gasteiger partial charge on any atom is 0.329 e. The summed E-state index contributed by atoms with van der Waals surface area (Å²) in [5.41, 5.74) is 0.488. The van der Waals surface area contributed by atoms with Gasteiger partial charge >= 0.3 is 5.97 Å². The van der Waals surface area contributed by atoms with Gasteiger partial charge in [-0.05, 0) is 55.7 Å². The highest BCUT2D eigenvalue weighted by Crippen LogP contribution is 2.34. The van der Waals surface area contributed by atoms with Crippen LogP contribution in [0.5, 0.6) is 0 Å². The molecule has 1 saturated heterocycles. The highest BCUT2D eigenvalue weighted by atomic mass is 16.5. The molecule has 2 aliphatic rings. The summed E-state index contributed by atoms with van der Waals surface area (Å²) < 4.78 is 5.42. The van der Waals surface area contributed by atoms with Crippen LogP contribution < -0.4 is 5.32 Å². The van der Waals surface area contributed by atoms with Gasteiger partial charge in [0.15, 0.2) is 0 Å². The average molecular weight is 345 g/mol. The second-order valence-electron chi connectivity index (χ2n) is 7.38. The number of ether oxygens (including phenoxy) is 1. The van der Waals surface area contributed by atoms with Crippen molar-refractivity contribution in [1.82, 2.24) is 5.32 Å². The SMILES string of the molecule is CCC1CCC(NC(=O)c2cccc(C3CCOC3)c2)(C(=O)O)CC1. The van der Waals surface area contributed by atoms with Crippen LogP contribution in [0.1, 0.15) is 67.3 Å². The molecule has 136 valence electrons. The van der Waals surface area contributed by atoms with Gasteiger partial charge in [-0.1, -0.05) is 25.5 Å². The molecular weight excluding hydrogens is 318 g/mol. The minimum absolute atomic E-state index is 0.293. The topological polar surface area (TPSA) is 75.6 Å². The van der Waals surface area contributed by atoms with E-state index in [4.69, 9.17) is 4.74 Å². The molecule has 1 unspecified atom stereocenters. The van der Waals surface area contributed by atoms with E-state index in [1.165, 1.54) is 0 Å². The molecule has 1 atom stereocenters. The lowest BCUT2D eigenvalue weighted by Gasteiger charge is -2.37. The Morgan fingerprint density at radius 3 is 2.64 bits per heavy atom. The van der Waals surface area contributed by atoms with Crippen LogP contribution in [0.15, 0.2) is 24.3 Å². The molecule has 1 heterocycles. The first-order valence-electron chi connectivity index (χ1n) is 9.27. The molecular formula is C20H27NO4. The Morgan fingerprint density at radius 1 is 1.28 bits per heavy atom. The lowest BCUT2D eigenvalue weighted by molar-refractivity contribution is -0.146. The second kappa shape index (κ2) is 7.56. The van der Waals surface area contributed by atoms with Crippen molar-refractivity contribution >= 4 is 11.9 Å². The fraction of sp³-hybridized carbons (Fsp3) is 0.600. The summed E-state index contributed by atoms with van der Waals surface area (Å²) in [4.78, 5) is 24.6. The van der Waals surface area contributed by atoms with Gasteiger partial charge in [0, 0.05) is 18.1 Å². The van der Waals surface area contributed by atoms with Crippen molar-refractivity contribution in [1.29, 1.82) is 0 Å². The van der Waals surface area contributed by atoms with Crippen LogP contribution in [-0.2, 0) is 9.53 Å². The fourth-order valence-electron chi connectivity index (χ4n) is 3.99. The van der Waals surface area contributed by atoms with Gasteiger partial charge in [-0.15, -0.1) is 0 Å². The smallest absolute Gasteiger partial charge is 0.329 e. The Balaban J connectivity index is 1.73. The minimum Gasteiger partial charge on any atom is -0.480 e. The maximum atomic E-state index is 12.7. The van der Waals surface area contributed by atoms with E-state index in [0.29, 0.717) is 36.8 Å². The van der Waals surface area contributed by atoms with Gasteiger partial charge in [-0.2, -0.15) is 0 Å². The number of carboxylic acid groups (broad SMARTS) is 1. The zero-order valence-electron chi connectivity index (χ0n) is 14.8. The number of aliphatic carboxylic acids is 1. The maximum absolute atomic E-state index is 12.7. The molecule has 1 aromatic carbocycles. The number of carboxylic acids is 1. The first-order valence-corrected chi connectivity index (χ1v) is 9.27. The third-order valence-electron chi connectivity index (χ3n) is 5.85. The molecule has 1 saturated carbocycles. The van der Waals surface area contributed by atoms with Crippen molar-refractivity contribution < 1.29 is 19.4 Å². The summed E-state index contributed by atoms with van der Waals surface area (Å²) in [5.74, 6) is -0.329. The molecule has 0 spiro atoms. The number of amides is 1. The highest BCUT2D eigenvalue weighted by molar-refractivity contribution is 5.98. The Kier molecular flexibility index (Phi) is 5.42. The Morgan fingerprint density at radius 2 is 2.04 bits per heavy atom. The lowest BCUT2D eigenvalue weighted by atomic mass is 9.75. The van der Waals surface area contributed by atoms with Crippen molar-refractivity contribution in [3.05, 3.63) is 35.4 Å². The largest absolute Gasteiger partial charge is 0.480 e. The van der Waals surface area contributed by atoms with Crippen LogP contribution in [0.4, 0.5) is 0 Å². The van der Waals surface area contributed by atoms with Crippen molar-refractivity contribution in [3.8, 4) is 0 Å². The summed E-state index contributed by atoms with van der Waals surface area (Å²) in [5, 5.41) is 12.6. The third-order valence-corrected chi connectivity index (χ3v) is 5.85. The molecule has 1 aromatic rings. The number of hydrogen-bond donors (Lipinski definition) is 2. The monoisotopic (exact) mass is 345 g/mol. The van der Waals surface area contributed by atoms with E-state index in [1.54, 1.807) is 6.07 Å². The average Bonchev–Trinajstić information content (AvgIpc) is 3.17. The molecule has 1 aliphatic carbocycles. The molecule has 2 fully saturated rings. The normalized spacial score (nSPS) is 29.3. The molecule has 1 aliphatic heterocycles. The number of carbonyl (C=O) groups is 2. The van der Waals surface area contributed by atoms with E-state index in [-0.39, 0.29) is 5.91 Å². The zero-order chi connectivity index (χ0) is 17.9. The molecule has 5 nitrogen and oxygen atoms in total. The van der Waals surface area contributed by atoms with Crippen LogP contribution in [0, 0.1) is 5.92 Å². The van der Waals surface area contributed by atoms with E-state index in [1.807, 2.05) is 18.2 Å². The van der Waals surface area contributed by atoms with Crippen molar-refractivity contribution in [2.45, 2.75) is 56.9 Å². The molecule has 1 amide bonds. The number of carbonyl (C=O) groups excluding carboxylic acids is 1. The van der Waals surface area contributed by atoms with Gasteiger partial charge in [0.2, 0.25) is 0 Å². The van der Waals surface area contributed by atoms with E-state index >= 15 is 0 Å². The van der Waals surface area contributed by atoms with Crippen molar-refractivity contribution in [2.75, 3.05) is 13.2 Å². The molecule has 2 N–H and O–H groups in total. The molecule has 0 bridgehead atoms. The van der Waals surface area contributed by atoms with Crippen LogP contribution in [0.25, 0.3) is 0 Å². The Hall–Kier alpha value is -1.88. The summed E-state index contributed by atoms with van der Waals surface area (Å²) in [6, 6.07) is 7.50. The first kappa shape index (κ1) is 17.9. The van der Waals surface area contributed by atoms with Crippen LogP contribution in [-0.4, -0.2) is 35.7 Å². The lowest BCUT2D eigenvalue weighted by Crippen LogP contribution is -2.56. The summed E-state index contributed by atoms with van der Waals surface area (Å²) in [7, 11) is 0. The van der Waals surface area contributed by atoms with Crippen LogP contribution in [0.3, 0.4) is 0 Å². The zero-order valence-corrected chi connectivity index (χ0v) is 14.8. The van der Waals surface area contributed by atoms with Gasteiger partial charge in [0.1, 0.15) is 5.54 Å². The Labute approximate surface area is 148 Å². The third kappa shape index (κ3) is 3.87. The molecule has 5 heteroatoms. The predicted octanol–water partition coefficient (Wildman–Crippen LogP) is 3.34. The Bertz CT molecular complexity index is 628. The minimum atomic E-state index is -1.13. The van der Waals surface area contributed by atoms with E-state index in [2.05, 4.69) is 12.2 Å². The van der Waals surface area contributed by atoms with Crippen molar-refractivity contribution in [2.24, 2.45) is 5.92 Å². The summed E-state index contributed by atoms with van der Waals surface area (Å²) in [6.45, 7) is 3.57. The van der Waals surface area contributed by atoms with E-state index < -0.39 is 11.5 Å². The molecule has 25 heavy (non-hydrogen) atoms. The number of rotatable bonds is 5. The summed E-state index contributed by atoms with van der Waals surface area (Å²) in [6.07, 6.45) is 4.73. The van der Waals surface area contributed by atoms with Gasteiger partial charge in [0.25, 0.3) is 5.91 Å². The molecule has 0 aromatic heterocycles. The number of hydrogen-bond acceptors (Lipinski definition) is 3. The number of nitrogens with one attached hydrogen (secondary N) is 1. The highest BCUT2D eigenvalue weighted by Gasteiger charge is 2.43. The van der Waals surface area contributed by atoms with E-state index in [9.17, 15) is 14.7 Å². The fourth-order valence-corrected chi connectivity index (χ4v) is 3.99. The van der Waals surface area contributed by atoms with Gasteiger partial charge < -0.3 is 15.2 Å². The van der Waals surface area contributed by atoms with Crippen molar-refractivity contribution in [3.63, 3.8) is 0 Å². The summed E-state index contributed by atoms with van der Waals surface area (Å²) >= 11 is 0. The molecule has 0 radical (unpaired) electrons.